The predicted molar refractivity (Wildman–Crippen MR) is 40.2 cm³/mol. The lowest BCUT2D eigenvalue weighted by Gasteiger charge is -2.21. The van der Waals surface area contributed by atoms with Crippen molar-refractivity contribution in [3.05, 3.63) is 0 Å². The fourth-order valence-electron chi connectivity index (χ4n) is 0.834. The zero-order chi connectivity index (χ0) is 9.02. The molecule has 0 aromatic carbocycles. The molecule has 1 N–H and O–H groups in total. The number of aliphatic carboxylic acids is 1. The van der Waals surface area contributed by atoms with Crippen molar-refractivity contribution in [1.29, 1.82) is 0 Å². The molecule has 1 atom stereocenters. The van der Waals surface area contributed by atoms with Crippen molar-refractivity contribution in [2.24, 2.45) is 0 Å². The van der Waals surface area contributed by atoms with Crippen LogP contribution >= 0.6 is 0 Å². The van der Waals surface area contributed by atoms with E-state index in [4.69, 9.17) is 5.11 Å². The molecule has 0 aliphatic heterocycles. The van der Waals surface area contributed by atoms with Crippen molar-refractivity contribution < 1.29 is 14.7 Å². The summed E-state index contributed by atoms with van der Waals surface area (Å²) in [5.74, 6) is -1.18. The van der Waals surface area contributed by atoms with Crippen molar-refractivity contribution in [2.45, 2.75) is 26.3 Å². The van der Waals surface area contributed by atoms with Gasteiger partial charge in [0.2, 0.25) is 5.91 Å². The minimum absolute atomic E-state index is 0.223. The van der Waals surface area contributed by atoms with Gasteiger partial charge >= 0.3 is 5.97 Å². The van der Waals surface area contributed by atoms with Crippen molar-refractivity contribution in [2.75, 3.05) is 7.05 Å². The van der Waals surface area contributed by atoms with Crippen LogP contribution in [0.4, 0.5) is 0 Å². The summed E-state index contributed by atoms with van der Waals surface area (Å²) in [6.07, 6.45) is 0.436. The van der Waals surface area contributed by atoms with Crippen LogP contribution in [0.15, 0.2) is 0 Å². The molecule has 0 aromatic heterocycles. The average molecular weight is 159 g/mol. The third kappa shape index (κ3) is 2.57. The molecule has 0 unspecified atom stereocenters. The van der Waals surface area contributed by atoms with E-state index < -0.39 is 12.0 Å². The van der Waals surface area contributed by atoms with Gasteiger partial charge in [0, 0.05) is 14.0 Å². The first-order valence-electron chi connectivity index (χ1n) is 3.46. The Morgan fingerprint density at radius 3 is 2.09 bits per heavy atom. The molecule has 4 nitrogen and oxygen atoms in total. The number of carbonyl (C=O) groups excluding carboxylic acids is 1. The zero-order valence-electron chi connectivity index (χ0n) is 7.00. The zero-order valence-corrected chi connectivity index (χ0v) is 7.00. The van der Waals surface area contributed by atoms with Crippen molar-refractivity contribution in [3.63, 3.8) is 0 Å². The van der Waals surface area contributed by atoms with Gasteiger partial charge in [-0.25, -0.2) is 4.79 Å². The van der Waals surface area contributed by atoms with Gasteiger partial charge in [0.25, 0.3) is 0 Å². The lowest BCUT2D eigenvalue weighted by Crippen LogP contribution is -2.40. The molecule has 0 radical (unpaired) electrons. The van der Waals surface area contributed by atoms with E-state index in [0.29, 0.717) is 6.42 Å². The summed E-state index contributed by atoms with van der Waals surface area (Å²) in [7, 11) is 1.49. The molecule has 4 heteroatoms. The molecule has 11 heavy (non-hydrogen) atoms. The van der Waals surface area contributed by atoms with Gasteiger partial charge in [0.05, 0.1) is 0 Å². The molecule has 0 aromatic rings. The maximum absolute atomic E-state index is 10.7. The molecular formula is C7H13NO3. The molecule has 0 saturated carbocycles. The Morgan fingerprint density at radius 1 is 1.55 bits per heavy atom. The highest BCUT2D eigenvalue weighted by molar-refractivity contribution is 5.81. The largest absolute Gasteiger partial charge is 0.480 e. The van der Waals surface area contributed by atoms with Gasteiger partial charge in [-0.05, 0) is 6.42 Å². The van der Waals surface area contributed by atoms with E-state index >= 15 is 0 Å². The normalized spacial score (nSPS) is 12.3. The summed E-state index contributed by atoms with van der Waals surface area (Å²) < 4.78 is 0. The maximum Gasteiger partial charge on any atom is 0.326 e. The third-order valence-electron chi connectivity index (χ3n) is 1.64. The molecule has 1 amide bonds. The summed E-state index contributed by atoms with van der Waals surface area (Å²) in [6.45, 7) is 3.09. The van der Waals surface area contributed by atoms with Crippen LogP contribution in [0.3, 0.4) is 0 Å². The number of amides is 1. The number of nitrogens with zero attached hydrogens (tertiary/aromatic N) is 1. The number of hydrogen-bond donors (Lipinski definition) is 1. The summed E-state index contributed by atoms with van der Waals surface area (Å²) >= 11 is 0. The van der Waals surface area contributed by atoms with Crippen LogP contribution in [0.25, 0.3) is 0 Å². The van der Waals surface area contributed by atoms with E-state index in [2.05, 4.69) is 0 Å². The van der Waals surface area contributed by atoms with Crippen molar-refractivity contribution >= 4 is 11.9 Å². The molecule has 0 aliphatic rings. The number of carboxylic acids is 1. The highest BCUT2D eigenvalue weighted by atomic mass is 16.4. The molecule has 0 saturated heterocycles. The highest BCUT2D eigenvalue weighted by Gasteiger charge is 2.21. The first-order chi connectivity index (χ1) is 5.00. The average Bonchev–Trinajstić information content (AvgIpc) is 1.88. The van der Waals surface area contributed by atoms with Crippen LogP contribution in [-0.2, 0) is 9.59 Å². The Balaban J connectivity index is 4.25. The second kappa shape index (κ2) is 3.95. The van der Waals surface area contributed by atoms with Crippen LogP contribution in [0.2, 0.25) is 0 Å². The predicted octanol–water partition coefficient (Wildman–Crippen LogP) is 0.328. The molecule has 0 bridgehead atoms. The van der Waals surface area contributed by atoms with E-state index in [1.54, 1.807) is 6.92 Å². The Labute approximate surface area is 65.8 Å². The molecule has 0 heterocycles. The fourth-order valence-corrected chi connectivity index (χ4v) is 0.834. The lowest BCUT2D eigenvalue weighted by molar-refractivity contribution is -0.148. The molecule has 0 spiro atoms. The quantitative estimate of drug-likeness (QED) is 0.645. The van der Waals surface area contributed by atoms with Gasteiger partial charge < -0.3 is 10.0 Å². The summed E-state index contributed by atoms with van der Waals surface area (Å²) in [4.78, 5) is 22.4. The molecule has 0 aliphatic carbocycles. The van der Waals surface area contributed by atoms with E-state index in [-0.39, 0.29) is 5.91 Å². The molecule has 0 rings (SSSR count). The second-order valence-corrected chi connectivity index (χ2v) is 2.39. The summed E-state index contributed by atoms with van der Waals surface area (Å²) in [6, 6.07) is -0.688. The first kappa shape index (κ1) is 9.94. The summed E-state index contributed by atoms with van der Waals surface area (Å²) in [5.41, 5.74) is 0. The molecule has 0 fully saturated rings. The van der Waals surface area contributed by atoms with Gasteiger partial charge in [-0.1, -0.05) is 6.92 Å². The van der Waals surface area contributed by atoms with E-state index in [1.807, 2.05) is 0 Å². The SMILES string of the molecule is CC[C@@H](C(=O)O)N(C)C(C)=O. The topological polar surface area (TPSA) is 57.6 Å². The number of rotatable bonds is 3. The number of hydrogen-bond acceptors (Lipinski definition) is 2. The Bertz CT molecular complexity index is 167. The lowest BCUT2D eigenvalue weighted by atomic mass is 10.2. The van der Waals surface area contributed by atoms with Crippen molar-refractivity contribution in [1.82, 2.24) is 4.90 Å². The Morgan fingerprint density at radius 2 is 2.00 bits per heavy atom. The van der Waals surface area contributed by atoms with Gasteiger partial charge in [-0.15, -0.1) is 0 Å². The Kier molecular flexibility index (Phi) is 3.57. The number of carboxylic acid groups (broad SMARTS) is 1. The van der Waals surface area contributed by atoms with Gasteiger partial charge in [0.15, 0.2) is 0 Å². The van der Waals surface area contributed by atoms with Crippen LogP contribution in [-0.4, -0.2) is 35.0 Å². The van der Waals surface area contributed by atoms with Crippen LogP contribution in [0.1, 0.15) is 20.3 Å². The van der Waals surface area contributed by atoms with E-state index in [9.17, 15) is 9.59 Å². The minimum Gasteiger partial charge on any atom is -0.480 e. The smallest absolute Gasteiger partial charge is 0.326 e. The second-order valence-electron chi connectivity index (χ2n) is 2.39. The fraction of sp³-hybridized carbons (Fsp3) is 0.714. The maximum atomic E-state index is 10.7. The van der Waals surface area contributed by atoms with Crippen molar-refractivity contribution in [3.8, 4) is 0 Å². The van der Waals surface area contributed by atoms with Gasteiger partial charge in [-0.3, -0.25) is 4.79 Å². The standard InChI is InChI=1S/C7H13NO3/c1-4-6(7(10)11)8(3)5(2)9/h6H,4H2,1-3H3,(H,10,11)/t6-/m0/s1. The highest BCUT2D eigenvalue weighted by Crippen LogP contribution is 2.01. The van der Waals surface area contributed by atoms with Crippen LogP contribution < -0.4 is 0 Å². The minimum atomic E-state index is -0.954. The first-order valence-corrected chi connectivity index (χ1v) is 3.46. The monoisotopic (exact) mass is 159 g/mol. The third-order valence-corrected chi connectivity index (χ3v) is 1.64. The summed E-state index contributed by atoms with van der Waals surface area (Å²) in [5, 5.41) is 8.60. The van der Waals surface area contributed by atoms with E-state index in [1.165, 1.54) is 18.9 Å². The van der Waals surface area contributed by atoms with Crippen LogP contribution in [0.5, 0.6) is 0 Å². The number of carbonyl (C=O) groups is 2. The van der Waals surface area contributed by atoms with Gasteiger partial charge in [0.1, 0.15) is 6.04 Å². The van der Waals surface area contributed by atoms with E-state index in [0.717, 1.165) is 0 Å². The Hall–Kier alpha value is -1.06. The number of likely N-dealkylation sites (N-methyl/N-ethyl adjacent to an activating group) is 1. The molecular weight excluding hydrogens is 146 g/mol. The molecule has 64 valence electrons. The van der Waals surface area contributed by atoms with Crippen LogP contribution in [0, 0.1) is 0 Å². The van der Waals surface area contributed by atoms with Gasteiger partial charge in [-0.2, -0.15) is 0 Å².